The third-order valence-electron chi connectivity index (χ3n) is 3.41. The van der Waals surface area contributed by atoms with Crippen LogP contribution in [-0.4, -0.2) is 14.3 Å². The standard InChI is InChI=1S/C14H14N4O2S/c1-9-7-11(3-4-12(9)18(19)20)15-8-13-10(2)16-14-17(13)5-6-21-14/h3-7,15H,8H2,1-2H3. The van der Waals surface area contributed by atoms with E-state index in [9.17, 15) is 10.1 Å². The molecule has 0 saturated carbocycles. The lowest BCUT2D eigenvalue weighted by atomic mass is 10.2. The quantitative estimate of drug-likeness (QED) is 0.591. The van der Waals surface area contributed by atoms with E-state index in [1.54, 1.807) is 30.4 Å². The summed E-state index contributed by atoms with van der Waals surface area (Å²) in [5.74, 6) is 0. The Morgan fingerprint density at radius 2 is 2.24 bits per heavy atom. The molecular weight excluding hydrogens is 288 g/mol. The van der Waals surface area contributed by atoms with E-state index in [4.69, 9.17) is 0 Å². The Kier molecular flexibility index (Phi) is 3.34. The van der Waals surface area contributed by atoms with Crippen LogP contribution in [0.25, 0.3) is 4.96 Å². The van der Waals surface area contributed by atoms with Crippen LogP contribution in [0.4, 0.5) is 11.4 Å². The van der Waals surface area contributed by atoms with Gasteiger partial charge >= 0.3 is 0 Å². The van der Waals surface area contributed by atoms with E-state index in [0.29, 0.717) is 12.1 Å². The van der Waals surface area contributed by atoms with Gasteiger partial charge in [-0.1, -0.05) is 0 Å². The second-order valence-corrected chi connectivity index (χ2v) is 5.68. The number of nitro groups is 1. The number of aromatic nitrogens is 2. The number of rotatable bonds is 4. The highest BCUT2D eigenvalue weighted by Gasteiger charge is 2.12. The van der Waals surface area contributed by atoms with E-state index in [0.717, 1.165) is 22.0 Å². The van der Waals surface area contributed by atoms with E-state index in [2.05, 4.69) is 14.7 Å². The highest BCUT2D eigenvalue weighted by Crippen LogP contribution is 2.23. The SMILES string of the molecule is Cc1cc(NCc2c(C)nc3sccn23)ccc1[N+](=O)[O-]. The van der Waals surface area contributed by atoms with Crippen molar-refractivity contribution < 1.29 is 4.92 Å². The van der Waals surface area contributed by atoms with Crippen molar-refractivity contribution in [2.24, 2.45) is 0 Å². The number of aryl methyl sites for hydroxylation is 2. The van der Waals surface area contributed by atoms with Crippen molar-refractivity contribution in [3.05, 3.63) is 56.8 Å². The summed E-state index contributed by atoms with van der Waals surface area (Å²) in [4.78, 5) is 15.9. The minimum Gasteiger partial charge on any atom is -0.379 e. The Labute approximate surface area is 125 Å². The van der Waals surface area contributed by atoms with Crippen LogP contribution in [0.1, 0.15) is 17.0 Å². The van der Waals surface area contributed by atoms with Crippen LogP contribution in [0.3, 0.4) is 0 Å². The first-order valence-corrected chi connectivity index (χ1v) is 7.34. The molecule has 1 aromatic carbocycles. The molecule has 0 atom stereocenters. The van der Waals surface area contributed by atoms with Crippen LogP contribution in [0.15, 0.2) is 29.8 Å². The number of nitrogens with one attached hydrogen (secondary N) is 1. The van der Waals surface area contributed by atoms with Gasteiger partial charge in [0.1, 0.15) is 0 Å². The van der Waals surface area contributed by atoms with Gasteiger partial charge in [-0.3, -0.25) is 14.5 Å². The molecule has 1 N–H and O–H groups in total. The lowest BCUT2D eigenvalue weighted by Crippen LogP contribution is -2.04. The van der Waals surface area contributed by atoms with E-state index in [-0.39, 0.29) is 10.6 Å². The molecule has 0 saturated heterocycles. The van der Waals surface area contributed by atoms with Crippen LogP contribution in [-0.2, 0) is 6.54 Å². The summed E-state index contributed by atoms with van der Waals surface area (Å²) in [6.45, 7) is 4.35. The summed E-state index contributed by atoms with van der Waals surface area (Å²) < 4.78 is 2.06. The fraction of sp³-hybridized carbons (Fsp3) is 0.214. The molecule has 0 aliphatic carbocycles. The zero-order valence-electron chi connectivity index (χ0n) is 11.7. The molecule has 0 aliphatic heterocycles. The third-order valence-corrected chi connectivity index (χ3v) is 4.17. The first-order chi connectivity index (χ1) is 10.1. The number of imidazole rings is 1. The fourth-order valence-corrected chi connectivity index (χ4v) is 3.09. The first kappa shape index (κ1) is 13.6. The third kappa shape index (κ3) is 2.47. The van der Waals surface area contributed by atoms with Gasteiger partial charge in [-0.2, -0.15) is 0 Å². The van der Waals surface area contributed by atoms with Crippen molar-refractivity contribution in [2.75, 3.05) is 5.32 Å². The summed E-state index contributed by atoms with van der Waals surface area (Å²) >= 11 is 1.60. The molecular formula is C14H14N4O2S. The van der Waals surface area contributed by atoms with E-state index >= 15 is 0 Å². The minimum absolute atomic E-state index is 0.140. The van der Waals surface area contributed by atoms with E-state index < -0.39 is 0 Å². The molecule has 3 aromatic rings. The predicted octanol–water partition coefficient (Wildman–Crippen LogP) is 3.53. The summed E-state index contributed by atoms with van der Waals surface area (Å²) in [5.41, 5.74) is 3.75. The monoisotopic (exact) mass is 302 g/mol. The van der Waals surface area contributed by atoms with Crippen LogP contribution < -0.4 is 5.32 Å². The smallest absolute Gasteiger partial charge is 0.272 e. The lowest BCUT2D eigenvalue weighted by molar-refractivity contribution is -0.385. The number of thiazole rings is 1. The molecule has 2 aromatic heterocycles. The Hall–Kier alpha value is -2.41. The van der Waals surface area contributed by atoms with Gasteiger partial charge in [0.25, 0.3) is 5.69 Å². The Bertz CT molecular complexity index is 822. The van der Waals surface area contributed by atoms with Crippen LogP contribution in [0, 0.1) is 24.0 Å². The molecule has 21 heavy (non-hydrogen) atoms. The van der Waals surface area contributed by atoms with Gasteiger partial charge in [-0.15, -0.1) is 11.3 Å². The topological polar surface area (TPSA) is 72.5 Å². The Balaban J connectivity index is 1.81. The summed E-state index contributed by atoms with van der Waals surface area (Å²) in [5, 5.41) is 16.1. The van der Waals surface area contributed by atoms with E-state index in [1.807, 2.05) is 18.5 Å². The number of benzene rings is 1. The van der Waals surface area contributed by atoms with Crippen LogP contribution in [0.2, 0.25) is 0 Å². The van der Waals surface area contributed by atoms with Gasteiger partial charge < -0.3 is 5.32 Å². The highest BCUT2D eigenvalue weighted by molar-refractivity contribution is 7.15. The minimum atomic E-state index is -0.366. The van der Waals surface area contributed by atoms with Crippen LogP contribution in [0.5, 0.6) is 0 Å². The number of nitro benzene ring substituents is 1. The molecule has 2 heterocycles. The average molecular weight is 302 g/mol. The number of fused-ring (bicyclic) bond motifs is 1. The largest absolute Gasteiger partial charge is 0.379 e. The molecule has 0 radical (unpaired) electrons. The average Bonchev–Trinajstić information content (AvgIpc) is 2.97. The number of anilines is 1. The maximum atomic E-state index is 10.8. The molecule has 0 spiro atoms. The van der Waals surface area contributed by atoms with E-state index in [1.165, 1.54) is 6.07 Å². The normalized spacial score (nSPS) is 11.0. The van der Waals surface area contributed by atoms with Crippen molar-refractivity contribution in [2.45, 2.75) is 20.4 Å². The van der Waals surface area contributed by atoms with Crippen molar-refractivity contribution in [1.29, 1.82) is 0 Å². The molecule has 0 fully saturated rings. The Morgan fingerprint density at radius 1 is 1.43 bits per heavy atom. The Morgan fingerprint density at radius 3 is 2.95 bits per heavy atom. The summed E-state index contributed by atoms with van der Waals surface area (Å²) in [6, 6.07) is 5.05. The summed E-state index contributed by atoms with van der Waals surface area (Å²) in [7, 11) is 0. The molecule has 0 unspecified atom stereocenters. The van der Waals surface area contributed by atoms with Crippen molar-refractivity contribution >= 4 is 27.7 Å². The van der Waals surface area contributed by atoms with Gasteiger partial charge in [0.2, 0.25) is 0 Å². The zero-order chi connectivity index (χ0) is 15.0. The second kappa shape index (κ2) is 5.17. The van der Waals surface area contributed by atoms with Crippen molar-refractivity contribution in [3.8, 4) is 0 Å². The van der Waals surface area contributed by atoms with Crippen molar-refractivity contribution in [1.82, 2.24) is 9.38 Å². The molecule has 108 valence electrons. The number of hydrogen-bond donors (Lipinski definition) is 1. The van der Waals surface area contributed by atoms with Gasteiger partial charge in [-0.25, -0.2) is 4.98 Å². The maximum Gasteiger partial charge on any atom is 0.272 e. The van der Waals surface area contributed by atoms with Crippen molar-refractivity contribution in [3.63, 3.8) is 0 Å². The molecule has 0 amide bonds. The van der Waals surface area contributed by atoms with Gasteiger partial charge in [-0.05, 0) is 26.0 Å². The molecule has 3 rings (SSSR count). The van der Waals surface area contributed by atoms with Crippen LogP contribution >= 0.6 is 11.3 Å². The number of hydrogen-bond acceptors (Lipinski definition) is 5. The molecule has 7 heteroatoms. The molecule has 6 nitrogen and oxygen atoms in total. The first-order valence-electron chi connectivity index (χ1n) is 6.46. The number of nitrogens with zero attached hydrogens (tertiary/aromatic N) is 3. The summed E-state index contributed by atoms with van der Waals surface area (Å²) in [6.07, 6.45) is 2.00. The zero-order valence-corrected chi connectivity index (χ0v) is 12.5. The highest BCUT2D eigenvalue weighted by atomic mass is 32.1. The molecule has 0 bridgehead atoms. The molecule has 0 aliphatic rings. The fourth-order valence-electron chi connectivity index (χ4n) is 2.31. The maximum absolute atomic E-state index is 10.8. The predicted molar refractivity (Wildman–Crippen MR) is 83.0 cm³/mol. The second-order valence-electron chi connectivity index (χ2n) is 4.81. The lowest BCUT2D eigenvalue weighted by Gasteiger charge is -2.07. The van der Waals surface area contributed by atoms with Gasteiger partial charge in [0.05, 0.1) is 22.9 Å². The van der Waals surface area contributed by atoms with Gasteiger partial charge in [0.15, 0.2) is 4.96 Å². The van der Waals surface area contributed by atoms with Gasteiger partial charge in [0, 0.05) is 28.9 Å².